The summed E-state index contributed by atoms with van der Waals surface area (Å²) in [4.78, 5) is 11.0. The van der Waals surface area contributed by atoms with Crippen LogP contribution in [0.2, 0.25) is 0 Å². The van der Waals surface area contributed by atoms with E-state index in [2.05, 4.69) is 0 Å². The molecule has 0 aliphatic carbocycles. The van der Waals surface area contributed by atoms with E-state index in [0.717, 1.165) is 11.1 Å². The van der Waals surface area contributed by atoms with E-state index >= 15 is 0 Å². The van der Waals surface area contributed by atoms with Gasteiger partial charge in [0.25, 0.3) is 0 Å². The Labute approximate surface area is 93.1 Å². The molecule has 3 nitrogen and oxygen atoms in total. The van der Waals surface area contributed by atoms with Gasteiger partial charge >= 0.3 is 0 Å². The number of benzene rings is 2. The number of phenols is 1. The van der Waals surface area contributed by atoms with Crippen LogP contribution in [-0.2, 0) is 0 Å². The first-order chi connectivity index (χ1) is 7.66. The Morgan fingerprint density at radius 3 is 2.31 bits per heavy atom. The van der Waals surface area contributed by atoms with Crippen molar-refractivity contribution < 1.29 is 9.90 Å². The molecule has 2 aromatic rings. The van der Waals surface area contributed by atoms with E-state index in [0.29, 0.717) is 5.56 Å². The van der Waals surface area contributed by atoms with Crippen molar-refractivity contribution in [1.29, 1.82) is 0 Å². The van der Waals surface area contributed by atoms with Gasteiger partial charge in [-0.3, -0.25) is 4.79 Å². The standard InChI is InChI=1S/C13H11NO2/c14-13(16)11-3-1-2-10(8-11)9-4-6-12(15)7-5-9/h1-8,15H,(H2,14,16). The first-order valence-corrected chi connectivity index (χ1v) is 4.86. The summed E-state index contributed by atoms with van der Waals surface area (Å²) in [5, 5.41) is 9.17. The van der Waals surface area contributed by atoms with Crippen LogP contribution in [-0.4, -0.2) is 11.0 Å². The summed E-state index contributed by atoms with van der Waals surface area (Å²) in [5.41, 5.74) is 7.51. The van der Waals surface area contributed by atoms with Crippen molar-refractivity contribution in [3.8, 4) is 16.9 Å². The SMILES string of the molecule is NC(=O)c1cccc(-c2ccc(O)cc2)c1. The molecule has 1 amide bonds. The molecule has 0 saturated carbocycles. The maximum atomic E-state index is 11.0. The average Bonchev–Trinajstić information content (AvgIpc) is 2.30. The lowest BCUT2D eigenvalue weighted by atomic mass is 10.0. The molecule has 2 aromatic carbocycles. The van der Waals surface area contributed by atoms with Crippen LogP contribution in [0.5, 0.6) is 5.75 Å². The maximum absolute atomic E-state index is 11.0. The van der Waals surface area contributed by atoms with Gasteiger partial charge in [-0.2, -0.15) is 0 Å². The molecule has 2 rings (SSSR count). The highest BCUT2D eigenvalue weighted by Gasteiger charge is 2.02. The van der Waals surface area contributed by atoms with Gasteiger partial charge in [-0.1, -0.05) is 24.3 Å². The fraction of sp³-hybridized carbons (Fsp3) is 0. The van der Waals surface area contributed by atoms with Crippen LogP contribution in [0.25, 0.3) is 11.1 Å². The number of carbonyl (C=O) groups excluding carboxylic acids is 1. The largest absolute Gasteiger partial charge is 0.508 e. The second-order valence-electron chi connectivity index (χ2n) is 3.49. The van der Waals surface area contributed by atoms with Crippen molar-refractivity contribution in [2.45, 2.75) is 0 Å². The van der Waals surface area contributed by atoms with Gasteiger partial charge in [0.1, 0.15) is 5.75 Å². The molecule has 0 spiro atoms. The highest BCUT2D eigenvalue weighted by atomic mass is 16.3. The number of primary amides is 1. The molecule has 0 atom stereocenters. The number of amides is 1. The minimum absolute atomic E-state index is 0.217. The molecule has 80 valence electrons. The van der Waals surface area contributed by atoms with Crippen molar-refractivity contribution in [3.63, 3.8) is 0 Å². The zero-order valence-electron chi connectivity index (χ0n) is 8.55. The number of hydrogen-bond donors (Lipinski definition) is 2. The molecule has 16 heavy (non-hydrogen) atoms. The third kappa shape index (κ3) is 2.03. The molecule has 0 aliphatic rings. The molecule has 0 fully saturated rings. The smallest absolute Gasteiger partial charge is 0.248 e. The van der Waals surface area contributed by atoms with Crippen LogP contribution >= 0.6 is 0 Å². The predicted octanol–water partition coefficient (Wildman–Crippen LogP) is 2.16. The first-order valence-electron chi connectivity index (χ1n) is 4.86. The second kappa shape index (κ2) is 4.06. The number of phenolic OH excluding ortho intramolecular Hbond substituents is 1. The molecule has 0 unspecified atom stereocenters. The first kappa shape index (κ1) is 10.2. The summed E-state index contributed by atoms with van der Waals surface area (Å²) in [7, 11) is 0. The van der Waals surface area contributed by atoms with Crippen LogP contribution in [0.3, 0.4) is 0 Å². The molecule has 3 N–H and O–H groups in total. The fourth-order valence-corrected chi connectivity index (χ4v) is 1.51. The fourth-order valence-electron chi connectivity index (χ4n) is 1.51. The van der Waals surface area contributed by atoms with Crippen LogP contribution in [0, 0.1) is 0 Å². The van der Waals surface area contributed by atoms with Gasteiger partial charge in [0, 0.05) is 5.56 Å². The van der Waals surface area contributed by atoms with Crippen LogP contribution in [0.15, 0.2) is 48.5 Å². The van der Waals surface area contributed by atoms with Crippen LogP contribution < -0.4 is 5.73 Å². The van der Waals surface area contributed by atoms with E-state index in [1.165, 1.54) is 0 Å². The Morgan fingerprint density at radius 1 is 1.00 bits per heavy atom. The minimum atomic E-state index is -0.444. The number of hydrogen-bond acceptors (Lipinski definition) is 2. The van der Waals surface area contributed by atoms with Crippen molar-refractivity contribution >= 4 is 5.91 Å². The van der Waals surface area contributed by atoms with Gasteiger partial charge in [0.15, 0.2) is 0 Å². The van der Waals surface area contributed by atoms with Gasteiger partial charge < -0.3 is 10.8 Å². The summed E-state index contributed by atoms with van der Waals surface area (Å²) in [6.07, 6.45) is 0. The molecule has 0 aromatic heterocycles. The van der Waals surface area contributed by atoms with Gasteiger partial charge in [-0.25, -0.2) is 0 Å². The lowest BCUT2D eigenvalue weighted by Gasteiger charge is -2.03. The minimum Gasteiger partial charge on any atom is -0.508 e. The molecule has 0 saturated heterocycles. The quantitative estimate of drug-likeness (QED) is 0.802. The van der Waals surface area contributed by atoms with E-state index in [9.17, 15) is 9.90 Å². The summed E-state index contributed by atoms with van der Waals surface area (Å²) in [5.74, 6) is -0.226. The highest BCUT2D eigenvalue weighted by Crippen LogP contribution is 2.22. The van der Waals surface area contributed by atoms with E-state index in [4.69, 9.17) is 5.73 Å². The van der Waals surface area contributed by atoms with Crippen molar-refractivity contribution in [2.75, 3.05) is 0 Å². The lowest BCUT2D eigenvalue weighted by Crippen LogP contribution is -2.10. The zero-order chi connectivity index (χ0) is 11.5. The average molecular weight is 213 g/mol. The predicted molar refractivity (Wildman–Crippen MR) is 62.1 cm³/mol. The normalized spacial score (nSPS) is 10.0. The Bertz CT molecular complexity index is 518. The number of carbonyl (C=O) groups is 1. The molecule has 0 aliphatic heterocycles. The molecule has 0 bridgehead atoms. The molecular formula is C13H11NO2. The number of aromatic hydroxyl groups is 1. The van der Waals surface area contributed by atoms with E-state index < -0.39 is 5.91 Å². The van der Waals surface area contributed by atoms with E-state index in [1.54, 1.807) is 42.5 Å². The summed E-state index contributed by atoms with van der Waals surface area (Å²) in [6.45, 7) is 0. The van der Waals surface area contributed by atoms with Gasteiger partial charge in [0.2, 0.25) is 5.91 Å². The van der Waals surface area contributed by atoms with E-state index in [1.807, 2.05) is 6.07 Å². The number of rotatable bonds is 2. The summed E-state index contributed by atoms with van der Waals surface area (Å²) in [6, 6.07) is 13.9. The molecule has 3 heteroatoms. The van der Waals surface area contributed by atoms with Crippen molar-refractivity contribution in [2.24, 2.45) is 5.73 Å². The Hall–Kier alpha value is -2.29. The lowest BCUT2D eigenvalue weighted by molar-refractivity contribution is 0.100. The maximum Gasteiger partial charge on any atom is 0.248 e. The highest BCUT2D eigenvalue weighted by molar-refractivity contribution is 5.94. The third-order valence-electron chi connectivity index (χ3n) is 2.35. The third-order valence-corrected chi connectivity index (χ3v) is 2.35. The summed E-state index contributed by atoms with van der Waals surface area (Å²) >= 11 is 0. The Morgan fingerprint density at radius 2 is 1.69 bits per heavy atom. The number of nitrogens with two attached hydrogens (primary N) is 1. The van der Waals surface area contributed by atoms with Crippen LogP contribution in [0.1, 0.15) is 10.4 Å². The van der Waals surface area contributed by atoms with E-state index in [-0.39, 0.29) is 5.75 Å². The summed E-state index contributed by atoms with van der Waals surface area (Å²) < 4.78 is 0. The van der Waals surface area contributed by atoms with Crippen molar-refractivity contribution in [3.05, 3.63) is 54.1 Å². The Balaban J connectivity index is 2.44. The topological polar surface area (TPSA) is 63.3 Å². The van der Waals surface area contributed by atoms with Gasteiger partial charge in [0.05, 0.1) is 0 Å². The molecule has 0 heterocycles. The van der Waals surface area contributed by atoms with Gasteiger partial charge in [-0.15, -0.1) is 0 Å². The Kier molecular flexibility index (Phi) is 2.60. The molecular weight excluding hydrogens is 202 g/mol. The second-order valence-corrected chi connectivity index (χ2v) is 3.49. The molecule has 0 radical (unpaired) electrons. The van der Waals surface area contributed by atoms with Crippen molar-refractivity contribution in [1.82, 2.24) is 0 Å². The zero-order valence-corrected chi connectivity index (χ0v) is 8.55. The van der Waals surface area contributed by atoms with Gasteiger partial charge in [-0.05, 0) is 35.4 Å². The van der Waals surface area contributed by atoms with Crippen LogP contribution in [0.4, 0.5) is 0 Å². The monoisotopic (exact) mass is 213 g/mol.